The highest BCUT2D eigenvalue weighted by molar-refractivity contribution is 7.22. The molecule has 0 saturated carbocycles. The van der Waals surface area contributed by atoms with Crippen LogP contribution in [0, 0.1) is 17.0 Å². The first-order chi connectivity index (χ1) is 10.0. The van der Waals surface area contributed by atoms with Gasteiger partial charge >= 0.3 is 0 Å². The molecule has 0 aliphatic heterocycles. The highest BCUT2D eigenvalue weighted by Crippen LogP contribution is 2.33. The molecule has 7 heteroatoms. The zero-order chi connectivity index (χ0) is 15.0. The minimum absolute atomic E-state index is 0.155. The molecule has 3 aromatic rings. The van der Waals surface area contributed by atoms with Crippen LogP contribution in [0.3, 0.4) is 0 Å². The molecule has 0 bridgehead atoms. The number of aryl methyl sites for hydroxylation is 1. The second-order valence-corrected chi connectivity index (χ2v) is 5.60. The molecule has 0 amide bonds. The molecule has 3 rings (SSSR count). The minimum atomic E-state index is -0.552. The van der Waals surface area contributed by atoms with Crippen LogP contribution in [0.1, 0.15) is 5.56 Å². The Bertz CT molecular complexity index is 845. The zero-order valence-corrected chi connectivity index (χ0v) is 11.8. The number of nitrogens with one attached hydrogen (secondary N) is 1. The third-order valence-corrected chi connectivity index (χ3v) is 3.91. The summed E-state index contributed by atoms with van der Waals surface area (Å²) < 4.78 is 1.04. The van der Waals surface area contributed by atoms with Crippen molar-refractivity contribution >= 4 is 38.1 Å². The summed E-state index contributed by atoms with van der Waals surface area (Å²) >= 11 is 1.46. The van der Waals surface area contributed by atoms with Crippen molar-refractivity contribution in [2.45, 2.75) is 6.92 Å². The summed E-state index contributed by atoms with van der Waals surface area (Å²) in [5, 5.41) is 24.1. The molecule has 2 N–H and O–H groups in total. The van der Waals surface area contributed by atoms with Crippen molar-refractivity contribution in [3.63, 3.8) is 0 Å². The molecule has 106 valence electrons. The monoisotopic (exact) mass is 301 g/mol. The van der Waals surface area contributed by atoms with Gasteiger partial charge in [-0.15, -0.1) is 0 Å². The molecule has 2 aromatic carbocycles. The number of rotatable bonds is 3. The fraction of sp³-hybridized carbons (Fsp3) is 0.0714. The quantitative estimate of drug-likeness (QED) is 0.434. The number of non-ortho nitro benzene ring substituents is 1. The van der Waals surface area contributed by atoms with Crippen LogP contribution >= 0.6 is 11.3 Å². The standard InChI is InChI=1S/C14H11N3O3S/c1-8-2-4-11-13(6-8)21-14(16-11)15-10-5-3-9(17(19)20)7-12(10)18/h2-7,18H,1H3,(H,15,16). The van der Waals surface area contributed by atoms with E-state index in [4.69, 9.17) is 0 Å². The van der Waals surface area contributed by atoms with E-state index in [0.29, 0.717) is 10.8 Å². The zero-order valence-electron chi connectivity index (χ0n) is 11.0. The van der Waals surface area contributed by atoms with Crippen LogP contribution in [0.5, 0.6) is 5.75 Å². The highest BCUT2D eigenvalue weighted by Gasteiger charge is 2.11. The Balaban J connectivity index is 1.93. The van der Waals surface area contributed by atoms with Gasteiger partial charge in [0.2, 0.25) is 0 Å². The SMILES string of the molecule is Cc1ccc2nc(Nc3ccc([N+](=O)[O-])cc3O)sc2c1. The maximum Gasteiger partial charge on any atom is 0.273 e. The lowest BCUT2D eigenvalue weighted by molar-refractivity contribution is -0.384. The molecular weight excluding hydrogens is 290 g/mol. The second-order valence-electron chi connectivity index (χ2n) is 4.57. The van der Waals surface area contributed by atoms with E-state index in [1.54, 1.807) is 0 Å². The van der Waals surface area contributed by atoms with E-state index in [1.807, 2.05) is 25.1 Å². The number of nitrogens with zero attached hydrogens (tertiary/aromatic N) is 2. The van der Waals surface area contributed by atoms with Gasteiger partial charge in [-0.25, -0.2) is 4.98 Å². The summed E-state index contributed by atoms with van der Waals surface area (Å²) in [5.74, 6) is -0.181. The number of nitro benzene ring substituents is 1. The van der Waals surface area contributed by atoms with Gasteiger partial charge in [0, 0.05) is 6.07 Å². The van der Waals surface area contributed by atoms with Crippen LogP contribution < -0.4 is 5.32 Å². The van der Waals surface area contributed by atoms with Gasteiger partial charge in [-0.05, 0) is 30.7 Å². The predicted molar refractivity (Wildman–Crippen MR) is 82.4 cm³/mol. The molecular formula is C14H11N3O3S. The van der Waals surface area contributed by atoms with Crippen molar-refractivity contribution in [2.24, 2.45) is 0 Å². The molecule has 0 atom stereocenters. The van der Waals surface area contributed by atoms with Crippen molar-refractivity contribution in [1.29, 1.82) is 0 Å². The van der Waals surface area contributed by atoms with E-state index in [-0.39, 0.29) is 11.4 Å². The van der Waals surface area contributed by atoms with Crippen LogP contribution in [-0.4, -0.2) is 15.0 Å². The van der Waals surface area contributed by atoms with Gasteiger partial charge in [0.05, 0.1) is 26.9 Å². The number of phenols is 1. The average molecular weight is 301 g/mol. The number of aromatic nitrogens is 1. The molecule has 6 nitrogen and oxygen atoms in total. The van der Waals surface area contributed by atoms with Crippen LogP contribution in [0.2, 0.25) is 0 Å². The molecule has 1 heterocycles. The van der Waals surface area contributed by atoms with Gasteiger partial charge in [-0.2, -0.15) is 0 Å². The van der Waals surface area contributed by atoms with E-state index >= 15 is 0 Å². The predicted octanol–water partition coefficient (Wildman–Crippen LogP) is 3.96. The van der Waals surface area contributed by atoms with E-state index in [2.05, 4.69) is 10.3 Å². The van der Waals surface area contributed by atoms with Crippen molar-refractivity contribution < 1.29 is 10.0 Å². The normalized spacial score (nSPS) is 10.7. The number of nitro groups is 1. The minimum Gasteiger partial charge on any atom is -0.506 e. The first kappa shape index (κ1) is 13.3. The fourth-order valence-electron chi connectivity index (χ4n) is 1.94. The summed E-state index contributed by atoms with van der Waals surface area (Å²) in [6.45, 7) is 2.01. The molecule has 0 aliphatic rings. The van der Waals surface area contributed by atoms with Gasteiger partial charge in [-0.1, -0.05) is 17.4 Å². The number of hydrogen-bond donors (Lipinski definition) is 2. The molecule has 0 radical (unpaired) electrons. The third-order valence-electron chi connectivity index (χ3n) is 2.98. The maximum absolute atomic E-state index is 10.6. The van der Waals surface area contributed by atoms with E-state index in [0.717, 1.165) is 21.8 Å². The molecule has 0 saturated heterocycles. The number of aromatic hydroxyl groups is 1. The molecule has 0 unspecified atom stereocenters. The number of hydrogen-bond acceptors (Lipinski definition) is 6. The Kier molecular flexibility index (Phi) is 3.19. The summed E-state index contributed by atoms with van der Waals surface area (Å²) in [5.41, 5.74) is 2.25. The third kappa shape index (κ3) is 2.63. The summed E-state index contributed by atoms with van der Waals surface area (Å²) in [6.07, 6.45) is 0. The van der Waals surface area contributed by atoms with Crippen LogP contribution in [-0.2, 0) is 0 Å². The maximum atomic E-state index is 10.6. The Morgan fingerprint density at radius 2 is 2.10 bits per heavy atom. The number of phenolic OH excluding ortho intramolecular Hbond substituents is 1. The lowest BCUT2D eigenvalue weighted by Gasteiger charge is -2.04. The lowest BCUT2D eigenvalue weighted by atomic mass is 10.2. The van der Waals surface area contributed by atoms with Gasteiger partial charge in [-0.3, -0.25) is 10.1 Å². The Hall–Kier alpha value is -2.67. The van der Waals surface area contributed by atoms with Gasteiger partial charge < -0.3 is 10.4 Å². The first-order valence-corrected chi connectivity index (χ1v) is 6.96. The van der Waals surface area contributed by atoms with Gasteiger partial charge in [0.25, 0.3) is 5.69 Å². The van der Waals surface area contributed by atoms with Crippen LogP contribution in [0.4, 0.5) is 16.5 Å². The Labute approximate surface area is 123 Å². The molecule has 0 aliphatic carbocycles. The van der Waals surface area contributed by atoms with Crippen molar-refractivity contribution in [3.05, 3.63) is 52.1 Å². The topological polar surface area (TPSA) is 88.3 Å². The molecule has 0 spiro atoms. The summed E-state index contributed by atoms with van der Waals surface area (Å²) in [6, 6.07) is 9.86. The van der Waals surface area contributed by atoms with Gasteiger partial charge in [0.15, 0.2) is 5.13 Å². The van der Waals surface area contributed by atoms with E-state index in [9.17, 15) is 15.2 Å². The summed E-state index contributed by atoms with van der Waals surface area (Å²) in [4.78, 5) is 14.5. The number of thiazole rings is 1. The molecule has 21 heavy (non-hydrogen) atoms. The molecule has 0 fully saturated rings. The number of fused-ring (bicyclic) bond motifs is 1. The Morgan fingerprint density at radius 3 is 2.81 bits per heavy atom. The van der Waals surface area contributed by atoms with E-state index < -0.39 is 4.92 Å². The van der Waals surface area contributed by atoms with Crippen LogP contribution in [0.25, 0.3) is 10.2 Å². The van der Waals surface area contributed by atoms with Crippen molar-refractivity contribution in [1.82, 2.24) is 4.98 Å². The average Bonchev–Trinajstić information content (AvgIpc) is 2.82. The Morgan fingerprint density at radius 1 is 1.29 bits per heavy atom. The van der Waals surface area contributed by atoms with Gasteiger partial charge in [0.1, 0.15) is 5.75 Å². The van der Waals surface area contributed by atoms with Crippen molar-refractivity contribution in [2.75, 3.05) is 5.32 Å². The number of anilines is 2. The van der Waals surface area contributed by atoms with Crippen LogP contribution in [0.15, 0.2) is 36.4 Å². The largest absolute Gasteiger partial charge is 0.506 e. The first-order valence-electron chi connectivity index (χ1n) is 6.14. The number of benzene rings is 2. The smallest absolute Gasteiger partial charge is 0.273 e. The summed E-state index contributed by atoms with van der Waals surface area (Å²) in [7, 11) is 0. The highest BCUT2D eigenvalue weighted by atomic mass is 32.1. The second kappa shape index (κ2) is 5.02. The lowest BCUT2D eigenvalue weighted by Crippen LogP contribution is -1.92. The van der Waals surface area contributed by atoms with E-state index in [1.165, 1.54) is 23.5 Å². The molecule has 1 aromatic heterocycles. The van der Waals surface area contributed by atoms with Crippen molar-refractivity contribution in [3.8, 4) is 5.75 Å². The fourth-order valence-corrected chi connectivity index (χ4v) is 2.92.